The van der Waals surface area contributed by atoms with Crippen LogP contribution < -0.4 is 0 Å². The van der Waals surface area contributed by atoms with Crippen molar-refractivity contribution in [3.8, 4) is 0 Å². The van der Waals surface area contributed by atoms with Gasteiger partial charge < -0.3 is 0 Å². The summed E-state index contributed by atoms with van der Waals surface area (Å²) in [5, 5.41) is 9.89. The lowest BCUT2D eigenvalue weighted by Gasteiger charge is -2.01. The molecule has 0 bridgehead atoms. The maximum absolute atomic E-state index is 9.89. The molecule has 0 aromatic carbocycles. The maximum Gasteiger partial charge on any atom is 0.222 e. The lowest BCUT2D eigenvalue weighted by Crippen LogP contribution is -1.99. The third-order valence-corrected chi connectivity index (χ3v) is 1.47. The van der Waals surface area contributed by atoms with Gasteiger partial charge in [-0.3, -0.25) is 10.1 Å². The molecule has 0 atom stereocenters. The van der Waals surface area contributed by atoms with Crippen LogP contribution in [-0.2, 0) is 0 Å². The second-order valence-electron chi connectivity index (χ2n) is 2.62. The number of hydrogen-bond donors (Lipinski definition) is 0. The van der Waals surface area contributed by atoms with Crippen molar-refractivity contribution in [2.75, 3.05) is 6.54 Å². The predicted molar refractivity (Wildman–Crippen MR) is 40.5 cm³/mol. The van der Waals surface area contributed by atoms with Gasteiger partial charge in [0.2, 0.25) is 6.54 Å². The average Bonchev–Trinajstić information content (AvgIpc) is 1.82. The van der Waals surface area contributed by atoms with Gasteiger partial charge >= 0.3 is 0 Å². The number of allylic oxidation sites excluding steroid dienone is 1. The first-order chi connectivity index (χ1) is 4.54. The van der Waals surface area contributed by atoms with Crippen molar-refractivity contribution < 1.29 is 4.92 Å². The van der Waals surface area contributed by atoms with Crippen LogP contribution >= 0.6 is 0 Å². The van der Waals surface area contributed by atoms with E-state index in [0.717, 1.165) is 5.57 Å². The van der Waals surface area contributed by atoms with Gasteiger partial charge in [0.25, 0.3) is 0 Å². The van der Waals surface area contributed by atoms with Gasteiger partial charge in [-0.25, -0.2) is 0 Å². The fourth-order valence-corrected chi connectivity index (χ4v) is 0.454. The summed E-state index contributed by atoms with van der Waals surface area (Å²) in [5.41, 5.74) is 1.08. The SMILES string of the molecule is CC(=CC[N+](=O)[O-])C(C)C. The second-order valence-corrected chi connectivity index (χ2v) is 2.62. The second kappa shape index (κ2) is 4.04. The van der Waals surface area contributed by atoms with Crippen molar-refractivity contribution in [3.05, 3.63) is 21.8 Å². The fraction of sp³-hybridized carbons (Fsp3) is 0.714. The summed E-state index contributed by atoms with van der Waals surface area (Å²) < 4.78 is 0. The third kappa shape index (κ3) is 4.06. The van der Waals surface area contributed by atoms with E-state index in [1.807, 2.05) is 20.8 Å². The summed E-state index contributed by atoms with van der Waals surface area (Å²) in [6.45, 7) is 5.90. The van der Waals surface area contributed by atoms with Crippen LogP contribution in [0, 0.1) is 16.0 Å². The number of rotatable bonds is 3. The number of nitrogens with zero attached hydrogens (tertiary/aromatic N) is 1. The Balaban J connectivity index is 3.80. The van der Waals surface area contributed by atoms with Crippen LogP contribution in [0.3, 0.4) is 0 Å². The zero-order valence-electron chi connectivity index (χ0n) is 6.63. The van der Waals surface area contributed by atoms with Crippen LogP contribution in [-0.4, -0.2) is 11.5 Å². The normalized spacial score (nSPS) is 12.2. The van der Waals surface area contributed by atoms with Gasteiger partial charge in [-0.1, -0.05) is 19.4 Å². The van der Waals surface area contributed by atoms with E-state index in [4.69, 9.17) is 0 Å². The van der Waals surface area contributed by atoms with Gasteiger partial charge in [-0.15, -0.1) is 0 Å². The standard InChI is InChI=1S/C7H13NO2/c1-6(2)7(3)4-5-8(9)10/h4,6H,5H2,1-3H3. The van der Waals surface area contributed by atoms with Gasteiger partial charge in [0.15, 0.2) is 0 Å². The van der Waals surface area contributed by atoms with Crippen LogP contribution in [0.4, 0.5) is 0 Å². The lowest BCUT2D eigenvalue weighted by molar-refractivity contribution is -0.468. The molecule has 0 N–H and O–H groups in total. The highest BCUT2D eigenvalue weighted by Gasteiger charge is 1.97. The van der Waals surface area contributed by atoms with Crippen LogP contribution in [0.15, 0.2) is 11.6 Å². The molecule has 0 saturated heterocycles. The van der Waals surface area contributed by atoms with E-state index in [0.29, 0.717) is 5.92 Å². The highest BCUT2D eigenvalue weighted by atomic mass is 16.6. The van der Waals surface area contributed by atoms with Crippen molar-refractivity contribution in [1.29, 1.82) is 0 Å². The zero-order valence-corrected chi connectivity index (χ0v) is 6.63. The molecule has 3 heteroatoms. The summed E-state index contributed by atoms with van der Waals surface area (Å²) in [6.07, 6.45) is 1.66. The van der Waals surface area contributed by atoms with E-state index in [2.05, 4.69) is 0 Å². The highest BCUT2D eigenvalue weighted by Crippen LogP contribution is 2.06. The molecule has 0 fully saturated rings. The van der Waals surface area contributed by atoms with Crippen LogP contribution in [0.5, 0.6) is 0 Å². The molecule has 0 spiro atoms. The Morgan fingerprint density at radius 2 is 2.20 bits per heavy atom. The van der Waals surface area contributed by atoms with Crippen molar-refractivity contribution in [3.63, 3.8) is 0 Å². The van der Waals surface area contributed by atoms with Crippen molar-refractivity contribution >= 4 is 0 Å². The van der Waals surface area contributed by atoms with Gasteiger partial charge in [0, 0.05) is 4.92 Å². The summed E-state index contributed by atoms with van der Waals surface area (Å²) in [4.78, 5) is 9.56. The molecule has 0 aromatic heterocycles. The molecule has 10 heavy (non-hydrogen) atoms. The molecule has 0 heterocycles. The van der Waals surface area contributed by atoms with Crippen molar-refractivity contribution in [2.45, 2.75) is 20.8 Å². The average molecular weight is 143 g/mol. The van der Waals surface area contributed by atoms with Crippen LogP contribution in [0.2, 0.25) is 0 Å². The first kappa shape index (κ1) is 9.14. The largest absolute Gasteiger partial charge is 0.264 e. The van der Waals surface area contributed by atoms with E-state index in [-0.39, 0.29) is 11.5 Å². The smallest absolute Gasteiger partial charge is 0.222 e. The molecule has 0 radical (unpaired) electrons. The van der Waals surface area contributed by atoms with E-state index in [9.17, 15) is 10.1 Å². The van der Waals surface area contributed by atoms with E-state index in [1.165, 1.54) is 0 Å². The molecule has 0 aromatic rings. The highest BCUT2D eigenvalue weighted by molar-refractivity contribution is 5.00. The zero-order chi connectivity index (χ0) is 8.15. The van der Waals surface area contributed by atoms with Crippen LogP contribution in [0.25, 0.3) is 0 Å². The molecular formula is C7H13NO2. The summed E-state index contributed by atoms with van der Waals surface area (Å²) >= 11 is 0. The Bertz CT molecular complexity index is 150. The topological polar surface area (TPSA) is 43.1 Å². The van der Waals surface area contributed by atoms with E-state index < -0.39 is 0 Å². The van der Waals surface area contributed by atoms with Crippen molar-refractivity contribution in [1.82, 2.24) is 0 Å². The Kier molecular flexibility index (Phi) is 3.69. The molecule has 58 valence electrons. The molecular weight excluding hydrogens is 130 g/mol. The minimum Gasteiger partial charge on any atom is -0.264 e. The fourth-order valence-electron chi connectivity index (χ4n) is 0.454. The van der Waals surface area contributed by atoms with Gasteiger partial charge in [-0.05, 0) is 18.9 Å². The maximum atomic E-state index is 9.89. The van der Waals surface area contributed by atoms with Gasteiger partial charge in [0.1, 0.15) is 0 Å². The molecule has 0 amide bonds. The Morgan fingerprint density at radius 1 is 1.70 bits per heavy atom. The summed E-state index contributed by atoms with van der Waals surface area (Å²) in [7, 11) is 0. The third-order valence-electron chi connectivity index (χ3n) is 1.47. The monoisotopic (exact) mass is 143 g/mol. The Hall–Kier alpha value is -0.860. The minimum atomic E-state index is -0.328. The summed E-state index contributed by atoms with van der Waals surface area (Å²) in [5.74, 6) is 0.417. The molecule has 0 aliphatic heterocycles. The predicted octanol–water partition coefficient (Wildman–Crippen LogP) is 1.87. The molecule has 0 unspecified atom stereocenters. The van der Waals surface area contributed by atoms with E-state index in [1.54, 1.807) is 6.08 Å². The number of nitro groups is 1. The first-order valence-corrected chi connectivity index (χ1v) is 3.32. The van der Waals surface area contributed by atoms with E-state index >= 15 is 0 Å². The quantitative estimate of drug-likeness (QED) is 0.344. The summed E-state index contributed by atoms with van der Waals surface area (Å²) in [6, 6.07) is 0. The lowest BCUT2D eigenvalue weighted by atomic mass is 10.1. The first-order valence-electron chi connectivity index (χ1n) is 3.32. The molecule has 0 aliphatic carbocycles. The molecule has 0 saturated carbocycles. The number of hydrogen-bond acceptors (Lipinski definition) is 2. The Morgan fingerprint density at radius 3 is 2.50 bits per heavy atom. The van der Waals surface area contributed by atoms with Crippen LogP contribution in [0.1, 0.15) is 20.8 Å². The Labute approximate surface area is 60.9 Å². The molecule has 0 aliphatic rings. The molecule has 3 nitrogen and oxygen atoms in total. The van der Waals surface area contributed by atoms with Crippen molar-refractivity contribution in [2.24, 2.45) is 5.92 Å². The molecule has 0 rings (SSSR count). The van der Waals surface area contributed by atoms with Gasteiger partial charge in [-0.2, -0.15) is 0 Å². The minimum absolute atomic E-state index is 0.0516. The van der Waals surface area contributed by atoms with Gasteiger partial charge in [0.05, 0.1) is 0 Å².